The molecule has 0 atom stereocenters. The Morgan fingerprint density at radius 1 is 1.07 bits per heavy atom. The molecule has 9 heteroatoms. The number of hydrogen-bond donors (Lipinski definition) is 2. The predicted molar refractivity (Wildman–Crippen MR) is 102 cm³/mol. The molecule has 0 heterocycles. The quantitative estimate of drug-likeness (QED) is 0.584. The fourth-order valence-corrected chi connectivity index (χ4v) is 2.25. The Kier molecular flexibility index (Phi) is 5.97. The number of carbonyl (C=O) groups excluding carboxylic acids is 2. The molecule has 2 N–H and O–H groups in total. The second-order valence-corrected chi connectivity index (χ2v) is 7.02. The zero-order valence-electron chi connectivity index (χ0n) is 15.8. The average molecular weight is 389 g/mol. The van der Waals surface area contributed by atoms with Gasteiger partial charge in [-0.05, 0) is 58.0 Å². The number of benzene rings is 2. The first-order valence-electron chi connectivity index (χ1n) is 8.32. The van der Waals surface area contributed by atoms with Crippen molar-refractivity contribution in [2.24, 2.45) is 0 Å². The van der Waals surface area contributed by atoms with Gasteiger partial charge < -0.3 is 10.1 Å². The van der Waals surface area contributed by atoms with E-state index in [9.17, 15) is 24.1 Å². The summed E-state index contributed by atoms with van der Waals surface area (Å²) in [5.74, 6) is -1.54. The Labute approximate surface area is 160 Å². The van der Waals surface area contributed by atoms with Crippen LogP contribution in [0.25, 0.3) is 0 Å². The van der Waals surface area contributed by atoms with Gasteiger partial charge in [0.25, 0.3) is 11.6 Å². The zero-order valence-corrected chi connectivity index (χ0v) is 15.8. The molecular formula is C19H20FN3O5. The highest BCUT2D eigenvalue weighted by Gasteiger charge is 2.20. The van der Waals surface area contributed by atoms with Gasteiger partial charge in [-0.2, -0.15) is 0 Å². The molecule has 0 saturated carbocycles. The highest BCUT2D eigenvalue weighted by atomic mass is 19.1. The molecule has 8 nitrogen and oxygen atoms in total. The van der Waals surface area contributed by atoms with Gasteiger partial charge in [0.1, 0.15) is 11.4 Å². The molecule has 0 aliphatic rings. The molecule has 2 aromatic rings. The van der Waals surface area contributed by atoms with E-state index in [1.165, 1.54) is 31.2 Å². The normalized spacial score (nSPS) is 10.9. The van der Waals surface area contributed by atoms with Crippen LogP contribution in [0.3, 0.4) is 0 Å². The SMILES string of the molecule is Cc1c(F)cc(C(=O)Nc2ccc(NC(=O)OC(C)(C)C)cc2)cc1[N+](=O)[O-]. The first-order chi connectivity index (χ1) is 13.0. The van der Waals surface area contributed by atoms with Crippen molar-refractivity contribution in [3.05, 3.63) is 63.5 Å². The molecule has 2 amide bonds. The maximum Gasteiger partial charge on any atom is 0.412 e. The lowest BCUT2D eigenvalue weighted by Gasteiger charge is -2.19. The highest BCUT2D eigenvalue weighted by Crippen LogP contribution is 2.24. The van der Waals surface area contributed by atoms with Crippen molar-refractivity contribution in [2.45, 2.75) is 33.3 Å². The minimum atomic E-state index is -0.837. The molecule has 0 saturated heterocycles. The van der Waals surface area contributed by atoms with E-state index in [1.807, 2.05) is 0 Å². The summed E-state index contributed by atoms with van der Waals surface area (Å²) in [6, 6.07) is 8.07. The van der Waals surface area contributed by atoms with E-state index in [4.69, 9.17) is 4.74 Å². The first kappa shape index (κ1) is 20.8. The van der Waals surface area contributed by atoms with E-state index < -0.39 is 34.0 Å². The lowest BCUT2D eigenvalue weighted by atomic mass is 10.1. The second-order valence-electron chi connectivity index (χ2n) is 7.02. The minimum Gasteiger partial charge on any atom is -0.444 e. The monoisotopic (exact) mass is 389 g/mol. The van der Waals surface area contributed by atoms with E-state index in [2.05, 4.69) is 10.6 Å². The van der Waals surface area contributed by atoms with Crippen LogP contribution in [-0.4, -0.2) is 22.5 Å². The molecule has 0 aliphatic carbocycles. The van der Waals surface area contributed by atoms with Crippen molar-refractivity contribution in [3.8, 4) is 0 Å². The molecule has 0 bridgehead atoms. The Morgan fingerprint density at radius 3 is 2.11 bits per heavy atom. The summed E-state index contributed by atoms with van der Waals surface area (Å²) >= 11 is 0. The summed E-state index contributed by atoms with van der Waals surface area (Å²) in [7, 11) is 0. The smallest absolute Gasteiger partial charge is 0.412 e. The molecule has 2 aromatic carbocycles. The molecule has 0 aliphatic heterocycles. The van der Waals surface area contributed by atoms with Gasteiger partial charge in [-0.1, -0.05) is 0 Å². The minimum absolute atomic E-state index is 0.140. The number of ether oxygens (including phenoxy) is 1. The van der Waals surface area contributed by atoms with E-state index >= 15 is 0 Å². The van der Waals surface area contributed by atoms with Gasteiger partial charge in [-0.25, -0.2) is 9.18 Å². The van der Waals surface area contributed by atoms with Gasteiger partial charge in [-0.15, -0.1) is 0 Å². The Bertz CT molecular complexity index is 920. The average Bonchev–Trinajstić information content (AvgIpc) is 2.56. The number of hydrogen-bond acceptors (Lipinski definition) is 5. The number of nitrogens with one attached hydrogen (secondary N) is 2. The molecule has 148 valence electrons. The number of anilines is 2. The van der Waals surface area contributed by atoms with Crippen LogP contribution in [0.1, 0.15) is 36.7 Å². The van der Waals surface area contributed by atoms with Crippen LogP contribution in [0.4, 0.5) is 26.2 Å². The van der Waals surface area contributed by atoms with Crippen LogP contribution in [0.5, 0.6) is 0 Å². The van der Waals surface area contributed by atoms with Crippen molar-refractivity contribution in [3.63, 3.8) is 0 Å². The number of halogens is 1. The predicted octanol–water partition coefficient (Wildman–Crippen LogP) is 4.64. The highest BCUT2D eigenvalue weighted by molar-refractivity contribution is 6.04. The summed E-state index contributed by atoms with van der Waals surface area (Å²) in [5, 5.41) is 16.0. The lowest BCUT2D eigenvalue weighted by Crippen LogP contribution is -2.27. The standard InChI is InChI=1S/C19H20FN3O5/c1-11-15(20)9-12(10-16(11)23(26)27)17(24)21-13-5-7-14(8-6-13)22-18(25)28-19(2,3)4/h5-10H,1-4H3,(H,21,24)(H,22,25). The number of rotatable bonds is 4. The Balaban J connectivity index is 2.09. The number of nitro benzene ring substituents is 1. The van der Waals surface area contributed by atoms with Crippen LogP contribution >= 0.6 is 0 Å². The molecule has 0 aromatic heterocycles. The lowest BCUT2D eigenvalue weighted by molar-refractivity contribution is -0.385. The second kappa shape index (κ2) is 8.03. The van der Waals surface area contributed by atoms with E-state index in [0.29, 0.717) is 11.4 Å². The van der Waals surface area contributed by atoms with Crippen molar-refractivity contribution in [1.29, 1.82) is 0 Å². The van der Waals surface area contributed by atoms with Gasteiger partial charge in [-0.3, -0.25) is 20.2 Å². The molecule has 0 fully saturated rings. The fraction of sp³-hybridized carbons (Fsp3) is 0.263. The van der Waals surface area contributed by atoms with Gasteiger partial charge >= 0.3 is 6.09 Å². The summed E-state index contributed by atoms with van der Waals surface area (Å²) in [6.07, 6.45) is -0.619. The number of nitrogens with zero attached hydrogens (tertiary/aromatic N) is 1. The Morgan fingerprint density at radius 2 is 1.61 bits per heavy atom. The van der Waals surface area contributed by atoms with E-state index in [1.54, 1.807) is 20.8 Å². The maximum atomic E-state index is 13.9. The first-order valence-corrected chi connectivity index (χ1v) is 8.32. The zero-order chi connectivity index (χ0) is 21.1. The molecule has 2 rings (SSSR count). The fourth-order valence-electron chi connectivity index (χ4n) is 2.25. The third-order valence-corrected chi connectivity index (χ3v) is 3.56. The summed E-state index contributed by atoms with van der Waals surface area (Å²) in [4.78, 5) is 34.2. The summed E-state index contributed by atoms with van der Waals surface area (Å²) in [6.45, 7) is 6.49. The van der Waals surface area contributed by atoms with Crippen LogP contribution < -0.4 is 10.6 Å². The van der Waals surface area contributed by atoms with Gasteiger partial charge in [0.2, 0.25) is 0 Å². The molecule has 0 unspecified atom stereocenters. The summed E-state index contributed by atoms with van der Waals surface area (Å²) < 4.78 is 19.0. The number of nitro groups is 1. The third kappa shape index (κ3) is 5.50. The number of carbonyl (C=O) groups is 2. The molecule has 28 heavy (non-hydrogen) atoms. The largest absolute Gasteiger partial charge is 0.444 e. The van der Waals surface area contributed by atoms with Crippen molar-refractivity contribution in [1.82, 2.24) is 0 Å². The Hall–Kier alpha value is -3.49. The van der Waals surface area contributed by atoms with Crippen LogP contribution in [0.15, 0.2) is 36.4 Å². The molecule has 0 radical (unpaired) electrons. The molecule has 0 spiro atoms. The van der Waals surface area contributed by atoms with Crippen LogP contribution in [-0.2, 0) is 4.74 Å². The molecular weight excluding hydrogens is 369 g/mol. The van der Waals surface area contributed by atoms with Crippen molar-refractivity contribution in [2.75, 3.05) is 10.6 Å². The third-order valence-electron chi connectivity index (χ3n) is 3.56. The van der Waals surface area contributed by atoms with Crippen LogP contribution in [0, 0.1) is 22.9 Å². The van der Waals surface area contributed by atoms with Crippen molar-refractivity contribution >= 4 is 29.1 Å². The van der Waals surface area contributed by atoms with Gasteiger partial charge in [0.05, 0.1) is 10.5 Å². The van der Waals surface area contributed by atoms with Crippen LogP contribution in [0.2, 0.25) is 0 Å². The topological polar surface area (TPSA) is 111 Å². The summed E-state index contributed by atoms with van der Waals surface area (Å²) in [5.41, 5.74) is -0.608. The van der Waals surface area contributed by atoms with Gasteiger partial charge in [0, 0.05) is 23.0 Å². The maximum absolute atomic E-state index is 13.9. The van der Waals surface area contributed by atoms with Gasteiger partial charge in [0.15, 0.2) is 0 Å². The van der Waals surface area contributed by atoms with E-state index in [0.717, 1.165) is 12.1 Å². The van der Waals surface area contributed by atoms with Crippen molar-refractivity contribution < 1.29 is 23.6 Å². The number of amides is 2. The van der Waals surface area contributed by atoms with E-state index in [-0.39, 0.29) is 11.1 Å².